The van der Waals surface area contributed by atoms with Gasteiger partial charge in [-0.1, -0.05) is 72.8 Å². The molecular formula is C17H15O3P. The van der Waals surface area contributed by atoms with Gasteiger partial charge in [0.2, 0.25) is 0 Å². The van der Waals surface area contributed by atoms with E-state index in [1.165, 1.54) is 0 Å². The Morgan fingerprint density at radius 3 is 2.14 bits per heavy atom. The van der Waals surface area contributed by atoms with E-state index in [1.807, 2.05) is 54.6 Å². The van der Waals surface area contributed by atoms with E-state index in [4.69, 9.17) is 0 Å². The Labute approximate surface area is 123 Å². The van der Waals surface area contributed by atoms with Crippen molar-refractivity contribution in [3.8, 4) is 11.1 Å². The molecule has 2 aromatic carbocycles. The predicted molar refractivity (Wildman–Crippen MR) is 84.8 cm³/mol. The molecule has 0 aliphatic heterocycles. The molecule has 0 amide bonds. The monoisotopic (exact) mass is 298 g/mol. The van der Waals surface area contributed by atoms with Crippen LogP contribution >= 0.6 is 7.60 Å². The summed E-state index contributed by atoms with van der Waals surface area (Å²) in [7, 11) is -4.20. The van der Waals surface area contributed by atoms with Crippen molar-refractivity contribution in [3.63, 3.8) is 0 Å². The lowest BCUT2D eigenvalue weighted by Crippen LogP contribution is -2.06. The molecule has 0 saturated carbocycles. The summed E-state index contributed by atoms with van der Waals surface area (Å²) in [6, 6.07) is 17.5. The van der Waals surface area contributed by atoms with E-state index in [1.54, 1.807) is 18.2 Å². The molecule has 0 bridgehead atoms. The van der Waals surface area contributed by atoms with Gasteiger partial charge in [-0.15, -0.1) is 0 Å². The average Bonchev–Trinajstić information content (AvgIpc) is 2.98. The summed E-state index contributed by atoms with van der Waals surface area (Å²) >= 11 is 0. The van der Waals surface area contributed by atoms with Gasteiger partial charge in [0.25, 0.3) is 0 Å². The van der Waals surface area contributed by atoms with Gasteiger partial charge in [-0.05, 0) is 22.3 Å². The van der Waals surface area contributed by atoms with Crippen molar-refractivity contribution in [2.45, 2.75) is 5.66 Å². The van der Waals surface area contributed by atoms with E-state index in [9.17, 15) is 14.4 Å². The molecule has 0 fully saturated rings. The Balaban J connectivity index is 2.11. The van der Waals surface area contributed by atoms with E-state index < -0.39 is 13.3 Å². The quantitative estimate of drug-likeness (QED) is 0.846. The summed E-state index contributed by atoms with van der Waals surface area (Å²) in [6.45, 7) is 0. The fourth-order valence-corrected chi connectivity index (χ4v) is 3.52. The molecule has 2 aromatic rings. The average molecular weight is 298 g/mol. The van der Waals surface area contributed by atoms with Crippen molar-refractivity contribution >= 4 is 13.2 Å². The zero-order valence-corrected chi connectivity index (χ0v) is 12.1. The minimum atomic E-state index is -4.20. The van der Waals surface area contributed by atoms with Gasteiger partial charge in [-0.2, -0.15) is 0 Å². The van der Waals surface area contributed by atoms with Crippen LogP contribution in [0.2, 0.25) is 0 Å². The van der Waals surface area contributed by atoms with E-state index >= 15 is 0 Å². The van der Waals surface area contributed by atoms with Crippen LogP contribution in [0.25, 0.3) is 16.7 Å². The molecule has 1 atom stereocenters. The first-order valence-electron chi connectivity index (χ1n) is 6.66. The molecule has 0 heterocycles. The van der Waals surface area contributed by atoms with Crippen LogP contribution in [-0.2, 0) is 4.57 Å². The molecule has 1 unspecified atom stereocenters. The molecule has 106 valence electrons. The van der Waals surface area contributed by atoms with Gasteiger partial charge < -0.3 is 9.79 Å². The van der Waals surface area contributed by atoms with Crippen LogP contribution in [-0.4, -0.2) is 15.4 Å². The number of hydrogen-bond donors (Lipinski definition) is 2. The highest BCUT2D eigenvalue weighted by molar-refractivity contribution is 7.53. The minimum Gasteiger partial charge on any atom is -0.324 e. The molecule has 0 radical (unpaired) electrons. The van der Waals surface area contributed by atoms with Gasteiger partial charge in [0.1, 0.15) is 5.66 Å². The van der Waals surface area contributed by atoms with Crippen molar-refractivity contribution in [1.82, 2.24) is 0 Å². The summed E-state index contributed by atoms with van der Waals surface area (Å²) in [5.41, 5.74) is 2.68. The standard InChI is InChI=1S/C17H15O3P/c18-21(19,20)17-12-6-11-16(17)15-10-5-4-9-14(15)13-7-2-1-3-8-13/h1-12,17H,(H2,18,19,20). The zero-order chi connectivity index (χ0) is 14.9. The van der Waals surface area contributed by atoms with E-state index in [2.05, 4.69) is 0 Å². The lowest BCUT2D eigenvalue weighted by atomic mass is 9.94. The van der Waals surface area contributed by atoms with Crippen LogP contribution in [0.4, 0.5) is 0 Å². The Kier molecular flexibility index (Phi) is 3.64. The van der Waals surface area contributed by atoms with E-state index in [-0.39, 0.29) is 0 Å². The van der Waals surface area contributed by atoms with Crippen LogP contribution in [0.15, 0.2) is 72.8 Å². The van der Waals surface area contributed by atoms with Crippen LogP contribution in [0.5, 0.6) is 0 Å². The molecule has 1 aliphatic rings. The fraction of sp³-hybridized carbons (Fsp3) is 0.0588. The van der Waals surface area contributed by atoms with E-state index in [0.717, 1.165) is 16.7 Å². The molecule has 0 saturated heterocycles. The van der Waals surface area contributed by atoms with Crippen LogP contribution in [0, 0.1) is 0 Å². The lowest BCUT2D eigenvalue weighted by Gasteiger charge is -2.18. The van der Waals surface area contributed by atoms with Crippen molar-refractivity contribution in [3.05, 3.63) is 78.4 Å². The molecule has 4 heteroatoms. The first-order chi connectivity index (χ1) is 10.1. The molecule has 3 nitrogen and oxygen atoms in total. The van der Waals surface area contributed by atoms with Gasteiger partial charge in [-0.3, -0.25) is 4.57 Å². The fourth-order valence-electron chi connectivity index (χ4n) is 2.61. The maximum absolute atomic E-state index is 11.7. The van der Waals surface area contributed by atoms with Crippen LogP contribution in [0.3, 0.4) is 0 Å². The third-order valence-corrected chi connectivity index (χ3v) is 4.75. The Bertz CT molecular complexity index is 757. The van der Waals surface area contributed by atoms with E-state index in [0.29, 0.717) is 5.57 Å². The first-order valence-corrected chi connectivity index (χ1v) is 8.34. The smallest absolute Gasteiger partial charge is 0.324 e. The second-order valence-corrected chi connectivity index (χ2v) is 6.69. The topological polar surface area (TPSA) is 57.5 Å². The second kappa shape index (κ2) is 5.45. The van der Waals surface area contributed by atoms with Gasteiger partial charge in [-0.25, -0.2) is 0 Å². The SMILES string of the molecule is O=P(O)(O)C1C=CC=C1c1ccccc1-c1ccccc1. The van der Waals surface area contributed by atoms with Crippen molar-refractivity contribution in [2.75, 3.05) is 0 Å². The molecule has 3 rings (SSSR count). The van der Waals surface area contributed by atoms with Crippen LogP contribution in [0.1, 0.15) is 5.56 Å². The molecule has 1 aliphatic carbocycles. The highest BCUT2D eigenvalue weighted by atomic mass is 31.2. The molecule has 2 N–H and O–H groups in total. The molecule has 0 aromatic heterocycles. The third kappa shape index (κ3) is 2.77. The highest BCUT2D eigenvalue weighted by Crippen LogP contribution is 2.51. The van der Waals surface area contributed by atoms with Gasteiger partial charge in [0.05, 0.1) is 0 Å². The van der Waals surface area contributed by atoms with Crippen molar-refractivity contribution < 1.29 is 14.4 Å². The van der Waals surface area contributed by atoms with Crippen molar-refractivity contribution in [1.29, 1.82) is 0 Å². The van der Waals surface area contributed by atoms with Gasteiger partial charge in [0, 0.05) is 0 Å². The number of hydrogen-bond acceptors (Lipinski definition) is 1. The summed E-state index contributed by atoms with van der Waals surface area (Å²) < 4.78 is 11.7. The summed E-state index contributed by atoms with van der Waals surface area (Å²) in [5.74, 6) is 0. The number of rotatable bonds is 3. The Morgan fingerprint density at radius 1 is 0.857 bits per heavy atom. The zero-order valence-electron chi connectivity index (χ0n) is 11.3. The molecular weight excluding hydrogens is 283 g/mol. The van der Waals surface area contributed by atoms with Crippen molar-refractivity contribution in [2.24, 2.45) is 0 Å². The maximum atomic E-state index is 11.7. The Hall–Kier alpha value is -1.93. The van der Waals surface area contributed by atoms with Crippen LogP contribution < -0.4 is 0 Å². The molecule has 21 heavy (non-hydrogen) atoms. The summed E-state index contributed by atoms with van der Waals surface area (Å²) in [5, 5.41) is 0. The molecule has 0 spiro atoms. The normalized spacial score (nSPS) is 17.8. The highest BCUT2D eigenvalue weighted by Gasteiger charge is 2.33. The summed E-state index contributed by atoms with van der Waals surface area (Å²) in [6.07, 6.45) is 5.06. The lowest BCUT2D eigenvalue weighted by molar-refractivity contribution is 0.371. The maximum Gasteiger partial charge on any atom is 0.336 e. The minimum absolute atomic E-state index is 0.669. The largest absolute Gasteiger partial charge is 0.336 e. The third-order valence-electron chi connectivity index (χ3n) is 3.57. The Morgan fingerprint density at radius 2 is 1.48 bits per heavy atom. The number of benzene rings is 2. The predicted octanol–water partition coefficient (Wildman–Crippen LogP) is 3.85. The first kappa shape index (κ1) is 14.0. The van der Waals surface area contributed by atoms with Gasteiger partial charge >= 0.3 is 7.60 Å². The van der Waals surface area contributed by atoms with Gasteiger partial charge in [0.15, 0.2) is 0 Å². The second-order valence-electron chi connectivity index (χ2n) is 4.95. The summed E-state index contributed by atoms with van der Waals surface area (Å²) in [4.78, 5) is 19.1. The number of allylic oxidation sites excluding steroid dienone is 4.